The monoisotopic (exact) mass is 354 g/mol. The molecule has 136 valence electrons. The lowest BCUT2D eigenvalue weighted by Crippen LogP contribution is -2.58. The SMILES string of the molecule is O=C(c1cnccn1)N1CC[C@H]2OCCC[C@]2(COc2ccccn2)C1. The van der Waals surface area contributed by atoms with Crippen molar-refractivity contribution in [2.45, 2.75) is 25.4 Å². The third kappa shape index (κ3) is 3.39. The molecule has 7 nitrogen and oxygen atoms in total. The van der Waals surface area contributed by atoms with Gasteiger partial charge in [-0.1, -0.05) is 6.07 Å². The topological polar surface area (TPSA) is 77.4 Å². The van der Waals surface area contributed by atoms with Crippen LogP contribution in [0.1, 0.15) is 29.8 Å². The highest BCUT2D eigenvalue weighted by molar-refractivity contribution is 5.92. The molecule has 7 heteroatoms. The molecule has 4 rings (SSSR count). The van der Waals surface area contributed by atoms with Crippen molar-refractivity contribution in [1.29, 1.82) is 0 Å². The molecule has 2 aliphatic rings. The van der Waals surface area contributed by atoms with Gasteiger partial charge in [0.2, 0.25) is 5.88 Å². The molecular weight excluding hydrogens is 332 g/mol. The van der Waals surface area contributed by atoms with Gasteiger partial charge in [-0.05, 0) is 25.3 Å². The molecule has 2 saturated heterocycles. The van der Waals surface area contributed by atoms with Crippen molar-refractivity contribution in [1.82, 2.24) is 19.9 Å². The summed E-state index contributed by atoms with van der Waals surface area (Å²) in [6.07, 6.45) is 9.19. The zero-order valence-electron chi connectivity index (χ0n) is 14.6. The second-order valence-electron chi connectivity index (χ2n) is 6.89. The van der Waals surface area contributed by atoms with Crippen molar-refractivity contribution in [3.63, 3.8) is 0 Å². The summed E-state index contributed by atoms with van der Waals surface area (Å²) in [5, 5.41) is 0. The lowest BCUT2D eigenvalue weighted by atomic mass is 9.73. The van der Waals surface area contributed by atoms with E-state index in [0.717, 1.165) is 25.9 Å². The van der Waals surface area contributed by atoms with Gasteiger partial charge in [0.05, 0.1) is 18.9 Å². The first-order valence-electron chi connectivity index (χ1n) is 8.98. The molecular formula is C19H22N4O3. The minimum atomic E-state index is -0.216. The zero-order valence-corrected chi connectivity index (χ0v) is 14.6. The maximum absolute atomic E-state index is 12.8. The highest BCUT2D eigenvalue weighted by Crippen LogP contribution is 2.40. The van der Waals surface area contributed by atoms with Gasteiger partial charge in [0, 0.05) is 49.8 Å². The number of carbonyl (C=O) groups excluding carboxylic acids is 1. The molecule has 0 unspecified atom stereocenters. The van der Waals surface area contributed by atoms with Crippen LogP contribution < -0.4 is 4.74 Å². The van der Waals surface area contributed by atoms with Gasteiger partial charge < -0.3 is 14.4 Å². The fraction of sp³-hybridized carbons (Fsp3) is 0.474. The number of pyridine rings is 1. The first kappa shape index (κ1) is 16.9. The summed E-state index contributed by atoms with van der Waals surface area (Å²) < 4.78 is 12.0. The molecule has 4 heterocycles. The van der Waals surface area contributed by atoms with Gasteiger partial charge in [-0.2, -0.15) is 0 Å². The number of rotatable bonds is 4. The van der Waals surface area contributed by atoms with Gasteiger partial charge in [-0.25, -0.2) is 9.97 Å². The van der Waals surface area contributed by atoms with E-state index < -0.39 is 0 Å². The first-order chi connectivity index (χ1) is 12.8. The van der Waals surface area contributed by atoms with Gasteiger partial charge in [-0.3, -0.25) is 9.78 Å². The normalized spacial score (nSPS) is 25.4. The smallest absolute Gasteiger partial charge is 0.274 e. The minimum Gasteiger partial charge on any atom is -0.477 e. The van der Waals surface area contributed by atoms with Gasteiger partial charge in [0.1, 0.15) is 5.69 Å². The van der Waals surface area contributed by atoms with E-state index in [2.05, 4.69) is 15.0 Å². The van der Waals surface area contributed by atoms with Crippen molar-refractivity contribution in [2.75, 3.05) is 26.3 Å². The van der Waals surface area contributed by atoms with Gasteiger partial charge in [0.25, 0.3) is 5.91 Å². The Morgan fingerprint density at radius 1 is 1.31 bits per heavy atom. The molecule has 0 saturated carbocycles. The summed E-state index contributed by atoms with van der Waals surface area (Å²) in [5.41, 5.74) is 0.162. The standard InChI is InChI=1S/C19H22N4O3/c24-18(15-12-20-8-9-21-15)23-10-5-16-19(13-23,6-3-11-25-16)14-26-17-4-1-2-7-22-17/h1-2,4,7-9,12,16H,3,5-6,10-11,13-14H2/t16-,19-/m1/s1. The minimum absolute atomic E-state index is 0.0839. The Bertz CT molecular complexity index is 743. The predicted molar refractivity (Wildman–Crippen MR) is 93.7 cm³/mol. The summed E-state index contributed by atoms with van der Waals surface area (Å²) >= 11 is 0. The Labute approximate surface area is 152 Å². The molecule has 0 bridgehead atoms. The average Bonchev–Trinajstić information content (AvgIpc) is 2.73. The van der Waals surface area contributed by atoms with Crippen molar-refractivity contribution in [3.8, 4) is 5.88 Å². The quantitative estimate of drug-likeness (QED) is 0.835. The van der Waals surface area contributed by atoms with E-state index in [1.165, 1.54) is 6.20 Å². The van der Waals surface area contributed by atoms with E-state index in [1.54, 1.807) is 18.6 Å². The second kappa shape index (κ2) is 7.37. The molecule has 2 atom stereocenters. The molecule has 0 aromatic carbocycles. The maximum Gasteiger partial charge on any atom is 0.274 e. The number of fused-ring (bicyclic) bond motifs is 1. The van der Waals surface area contributed by atoms with Crippen molar-refractivity contribution < 1.29 is 14.3 Å². The van der Waals surface area contributed by atoms with E-state index in [9.17, 15) is 4.79 Å². The molecule has 2 aliphatic heterocycles. The van der Waals surface area contributed by atoms with E-state index in [0.29, 0.717) is 31.3 Å². The van der Waals surface area contributed by atoms with Crippen LogP contribution in [0, 0.1) is 5.41 Å². The fourth-order valence-electron chi connectivity index (χ4n) is 3.90. The van der Waals surface area contributed by atoms with Gasteiger partial charge >= 0.3 is 0 Å². The summed E-state index contributed by atoms with van der Waals surface area (Å²) in [6.45, 7) is 2.51. The maximum atomic E-state index is 12.8. The zero-order chi connectivity index (χ0) is 17.8. The van der Waals surface area contributed by atoms with E-state index in [-0.39, 0.29) is 17.4 Å². The number of nitrogens with zero attached hydrogens (tertiary/aromatic N) is 4. The molecule has 2 aromatic heterocycles. The lowest BCUT2D eigenvalue weighted by molar-refractivity contribution is -0.133. The summed E-state index contributed by atoms with van der Waals surface area (Å²) in [4.78, 5) is 27.1. The van der Waals surface area contributed by atoms with Crippen LogP contribution in [0.15, 0.2) is 43.0 Å². The van der Waals surface area contributed by atoms with Crippen molar-refractivity contribution in [2.24, 2.45) is 5.41 Å². The Morgan fingerprint density at radius 2 is 2.27 bits per heavy atom. The predicted octanol–water partition coefficient (Wildman–Crippen LogP) is 1.96. The molecule has 0 N–H and O–H groups in total. The third-order valence-electron chi connectivity index (χ3n) is 5.20. The largest absolute Gasteiger partial charge is 0.477 e. The highest BCUT2D eigenvalue weighted by atomic mass is 16.5. The molecule has 26 heavy (non-hydrogen) atoms. The van der Waals surface area contributed by atoms with Crippen molar-refractivity contribution in [3.05, 3.63) is 48.7 Å². The number of hydrogen-bond acceptors (Lipinski definition) is 6. The van der Waals surface area contributed by atoms with Crippen LogP contribution >= 0.6 is 0 Å². The Balaban J connectivity index is 1.52. The van der Waals surface area contributed by atoms with Crippen LogP contribution in [-0.2, 0) is 4.74 Å². The number of piperidine rings is 1. The Morgan fingerprint density at radius 3 is 3.08 bits per heavy atom. The lowest BCUT2D eigenvalue weighted by Gasteiger charge is -2.49. The molecule has 0 aliphatic carbocycles. The average molecular weight is 354 g/mol. The van der Waals surface area contributed by atoms with Crippen LogP contribution in [-0.4, -0.2) is 58.2 Å². The molecule has 0 spiro atoms. The van der Waals surface area contributed by atoms with Crippen LogP contribution in [0.3, 0.4) is 0 Å². The fourth-order valence-corrected chi connectivity index (χ4v) is 3.90. The van der Waals surface area contributed by atoms with Crippen LogP contribution in [0.5, 0.6) is 5.88 Å². The number of ether oxygens (including phenoxy) is 2. The number of carbonyl (C=O) groups is 1. The molecule has 2 aromatic rings. The van der Waals surface area contributed by atoms with Crippen LogP contribution in [0.2, 0.25) is 0 Å². The first-order valence-corrected chi connectivity index (χ1v) is 8.98. The van der Waals surface area contributed by atoms with Crippen LogP contribution in [0.25, 0.3) is 0 Å². The second-order valence-corrected chi connectivity index (χ2v) is 6.89. The number of amides is 1. The van der Waals surface area contributed by atoms with Crippen LogP contribution in [0.4, 0.5) is 0 Å². The Hall–Kier alpha value is -2.54. The van der Waals surface area contributed by atoms with E-state index in [4.69, 9.17) is 9.47 Å². The van der Waals surface area contributed by atoms with Gasteiger partial charge in [0.15, 0.2) is 0 Å². The molecule has 1 amide bonds. The van der Waals surface area contributed by atoms with Crippen molar-refractivity contribution >= 4 is 5.91 Å². The van der Waals surface area contributed by atoms with Gasteiger partial charge in [-0.15, -0.1) is 0 Å². The Kier molecular flexibility index (Phi) is 4.79. The summed E-state index contributed by atoms with van der Waals surface area (Å²) in [5.74, 6) is 0.517. The summed E-state index contributed by atoms with van der Waals surface area (Å²) in [6, 6.07) is 5.61. The third-order valence-corrected chi connectivity index (χ3v) is 5.20. The number of aromatic nitrogens is 3. The van der Waals surface area contributed by atoms with E-state index >= 15 is 0 Å². The molecule has 0 radical (unpaired) electrons. The number of hydrogen-bond donors (Lipinski definition) is 0. The van der Waals surface area contributed by atoms with E-state index in [1.807, 2.05) is 23.1 Å². The molecule has 2 fully saturated rings. The number of likely N-dealkylation sites (tertiary alicyclic amines) is 1. The summed E-state index contributed by atoms with van der Waals surface area (Å²) in [7, 11) is 0. The highest BCUT2D eigenvalue weighted by Gasteiger charge is 2.48.